The molecule has 0 bridgehead atoms. The van der Waals surface area contributed by atoms with Gasteiger partial charge in [0.1, 0.15) is 36.1 Å². The lowest BCUT2D eigenvalue weighted by atomic mass is 9.98. The van der Waals surface area contributed by atoms with Gasteiger partial charge in [0.25, 0.3) is 0 Å². The van der Waals surface area contributed by atoms with Gasteiger partial charge in [-0.3, -0.25) is 0 Å². The molecule has 198 valence electrons. The van der Waals surface area contributed by atoms with Gasteiger partial charge in [-0.1, -0.05) is 12.2 Å². The van der Waals surface area contributed by atoms with Crippen molar-refractivity contribution < 1.29 is 64.2 Å². The number of rotatable bonds is 10. The van der Waals surface area contributed by atoms with Crippen molar-refractivity contribution in [3.63, 3.8) is 0 Å². The summed E-state index contributed by atoms with van der Waals surface area (Å²) in [5, 5.41) is 69.7. The summed E-state index contributed by atoms with van der Waals surface area (Å²) in [7, 11) is 2.80. The molecule has 0 aliphatic carbocycles. The predicted molar refractivity (Wildman–Crippen MR) is 117 cm³/mol. The first kappa shape index (κ1) is 27.5. The van der Waals surface area contributed by atoms with Gasteiger partial charge in [0.15, 0.2) is 17.8 Å². The minimum Gasteiger partial charge on any atom is -0.493 e. The lowest BCUT2D eigenvalue weighted by Crippen LogP contribution is -2.60. The molecule has 8 atom stereocenters. The van der Waals surface area contributed by atoms with E-state index in [0.29, 0.717) is 5.56 Å². The van der Waals surface area contributed by atoms with E-state index in [2.05, 4.69) is 0 Å². The van der Waals surface area contributed by atoms with Gasteiger partial charge in [-0.25, -0.2) is 0 Å². The fourth-order valence-corrected chi connectivity index (χ4v) is 3.73. The van der Waals surface area contributed by atoms with E-state index in [9.17, 15) is 30.6 Å². The van der Waals surface area contributed by atoms with Crippen LogP contribution in [0.25, 0.3) is 6.08 Å². The van der Waals surface area contributed by atoms with Gasteiger partial charge >= 0.3 is 0 Å². The monoisotopic (exact) mass is 504 g/mol. The SMILES string of the molecule is COc1cc(/C=C/CO)cc(OC)c1O[C@@H]1OC[C@](O)(CO[C@@H]2O[C@H](CO)[C@@H](O)[C@H](O)[C@H]2O)[C@H]1O. The summed E-state index contributed by atoms with van der Waals surface area (Å²) >= 11 is 0. The Bertz CT molecular complexity index is 837. The first-order valence-corrected chi connectivity index (χ1v) is 10.8. The van der Waals surface area contributed by atoms with Crippen LogP contribution in [-0.2, 0) is 14.2 Å². The van der Waals surface area contributed by atoms with Crippen molar-refractivity contribution in [3.05, 3.63) is 23.8 Å². The Hall–Kier alpha value is -2.04. The largest absolute Gasteiger partial charge is 0.493 e. The minimum absolute atomic E-state index is 0.0966. The van der Waals surface area contributed by atoms with Crippen molar-refractivity contribution in [2.24, 2.45) is 0 Å². The van der Waals surface area contributed by atoms with Crippen LogP contribution in [0.4, 0.5) is 0 Å². The van der Waals surface area contributed by atoms with Gasteiger partial charge in [-0.2, -0.15) is 0 Å². The Morgan fingerprint density at radius 3 is 2.23 bits per heavy atom. The van der Waals surface area contributed by atoms with Gasteiger partial charge in [-0.05, 0) is 17.7 Å². The molecule has 2 saturated heterocycles. The molecular weight excluding hydrogens is 472 g/mol. The van der Waals surface area contributed by atoms with Crippen molar-refractivity contribution in [2.75, 3.05) is 40.6 Å². The molecule has 13 nitrogen and oxygen atoms in total. The third-order valence-corrected chi connectivity index (χ3v) is 5.78. The van der Waals surface area contributed by atoms with Crippen molar-refractivity contribution >= 4 is 6.08 Å². The molecule has 3 rings (SSSR count). The summed E-state index contributed by atoms with van der Waals surface area (Å²) in [5.41, 5.74) is -1.34. The second kappa shape index (κ2) is 11.8. The van der Waals surface area contributed by atoms with Gasteiger partial charge in [0, 0.05) is 0 Å². The molecule has 0 radical (unpaired) electrons. The van der Waals surface area contributed by atoms with Gasteiger partial charge < -0.3 is 64.2 Å². The molecule has 13 heteroatoms. The van der Waals surface area contributed by atoms with Crippen LogP contribution in [0.15, 0.2) is 18.2 Å². The zero-order chi connectivity index (χ0) is 25.8. The molecule has 2 aliphatic rings. The average molecular weight is 504 g/mol. The molecule has 2 aliphatic heterocycles. The van der Waals surface area contributed by atoms with E-state index >= 15 is 0 Å². The number of ether oxygens (including phenoxy) is 6. The predicted octanol–water partition coefficient (Wildman–Crippen LogP) is -2.65. The van der Waals surface area contributed by atoms with Crippen molar-refractivity contribution in [3.8, 4) is 17.2 Å². The van der Waals surface area contributed by atoms with Crippen molar-refractivity contribution in [1.82, 2.24) is 0 Å². The number of methoxy groups -OCH3 is 2. The lowest BCUT2D eigenvalue weighted by Gasteiger charge is -2.40. The van der Waals surface area contributed by atoms with Crippen LogP contribution in [-0.4, -0.2) is 125 Å². The van der Waals surface area contributed by atoms with Gasteiger partial charge in [0.2, 0.25) is 12.0 Å². The molecule has 0 unspecified atom stereocenters. The summed E-state index contributed by atoms with van der Waals surface area (Å²) in [6, 6.07) is 3.22. The van der Waals surface area contributed by atoms with E-state index in [0.717, 1.165) is 0 Å². The first-order valence-electron chi connectivity index (χ1n) is 10.8. The number of aliphatic hydroxyl groups excluding tert-OH is 6. The molecule has 2 fully saturated rings. The van der Waals surface area contributed by atoms with E-state index in [1.54, 1.807) is 18.2 Å². The van der Waals surface area contributed by atoms with Crippen LogP contribution in [0.2, 0.25) is 0 Å². The Labute approximate surface area is 201 Å². The molecule has 0 saturated carbocycles. The molecule has 0 spiro atoms. The highest BCUT2D eigenvalue weighted by atomic mass is 16.7. The maximum atomic E-state index is 10.9. The molecule has 0 aromatic heterocycles. The third-order valence-electron chi connectivity index (χ3n) is 5.78. The zero-order valence-electron chi connectivity index (χ0n) is 19.3. The van der Waals surface area contributed by atoms with Crippen LogP contribution in [0, 0.1) is 0 Å². The highest BCUT2D eigenvalue weighted by molar-refractivity contribution is 5.62. The molecule has 1 aromatic carbocycles. The van der Waals surface area contributed by atoms with Crippen LogP contribution < -0.4 is 14.2 Å². The van der Waals surface area contributed by atoms with Gasteiger partial charge in [0.05, 0.1) is 40.6 Å². The Morgan fingerprint density at radius 2 is 1.66 bits per heavy atom. The first-order chi connectivity index (χ1) is 16.7. The number of aliphatic hydroxyl groups is 7. The number of hydrogen-bond donors (Lipinski definition) is 7. The van der Waals surface area contributed by atoms with Crippen LogP contribution in [0.3, 0.4) is 0 Å². The smallest absolute Gasteiger partial charge is 0.229 e. The van der Waals surface area contributed by atoms with Crippen molar-refractivity contribution in [2.45, 2.75) is 48.7 Å². The van der Waals surface area contributed by atoms with E-state index in [4.69, 9.17) is 33.5 Å². The highest BCUT2D eigenvalue weighted by Gasteiger charge is 2.52. The zero-order valence-corrected chi connectivity index (χ0v) is 19.3. The summed E-state index contributed by atoms with van der Waals surface area (Å²) in [4.78, 5) is 0. The van der Waals surface area contributed by atoms with Crippen LogP contribution in [0.5, 0.6) is 17.2 Å². The topological polar surface area (TPSA) is 197 Å². The third kappa shape index (κ3) is 5.86. The highest BCUT2D eigenvalue weighted by Crippen LogP contribution is 2.41. The summed E-state index contributed by atoms with van der Waals surface area (Å²) in [5.74, 6) is 0.579. The van der Waals surface area contributed by atoms with Crippen LogP contribution >= 0.6 is 0 Å². The molecule has 1 aromatic rings. The molecular formula is C22H32O13. The average Bonchev–Trinajstić information content (AvgIpc) is 3.14. The number of hydrogen-bond acceptors (Lipinski definition) is 13. The summed E-state index contributed by atoms with van der Waals surface area (Å²) < 4.78 is 32.5. The van der Waals surface area contributed by atoms with Gasteiger partial charge in [-0.15, -0.1) is 0 Å². The fraction of sp³-hybridized carbons (Fsp3) is 0.636. The summed E-state index contributed by atoms with van der Waals surface area (Å²) in [6.45, 7) is -1.82. The lowest BCUT2D eigenvalue weighted by molar-refractivity contribution is -0.310. The Balaban J connectivity index is 1.70. The normalized spacial score (nSPS) is 35.4. The quantitative estimate of drug-likeness (QED) is 0.175. The molecule has 7 N–H and O–H groups in total. The second-order valence-corrected chi connectivity index (χ2v) is 8.19. The molecule has 35 heavy (non-hydrogen) atoms. The van der Waals surface area contributed by atoms with Crippen LogP contribution in [0.1, 0.15) is 5.56 Å². The fourth-order valence-electron chi connectivity index (χ4n) is 3.73. The standard InChI is InChI=1S/C22H32O13/c1-30-12-6-11(4-3-5-23)7-13(31-2)18(12)35-21-19(28)22(29,10-33-21)9-32-20-17(27)16(26)15(25)14(8-24)34-20/h3-4,6-7,14-17,19-21,23-29H,5,8-10H2,1-2H3/b4-3+/t14-,15-,16+,17-,19+,20-,21+,22-/m1/s1. The number of benzene rings is 1. The maximum absolute atomic E-state index is 10.9. The van der Waals surface area contributed by atoms with E-state index in [1.807, 2.05) is 0 Å². The van der Waals surface area contributed by atoms with E-state index < -0.39 is 68.5 Å². The maximum Gasteiger partial charge on any atom is 0.229 e. The minimum atomic E-state index is -1.99. The molecule has 0 amide bonds. The summed E-state index contributed by atoms with van der Waals surface area (Å²) in [6.07, 6.45) is -7.40. The van der Waals surface area contributed by atoms with Crippen molar-refractivity contribution in [1.29, 1.82) is 0 Å². The molecule has 2 heterocycles. The van der Waals surface area contributed by atoms with E-state index in [-0.39, 0.29) is 23.9 Å². The van der Waals surface area contributed by atoms with E-state index in [1.165, 1.54) is 20.3 Å². The Morgan fingerprint density at radius 1 is 1.00 bits per heavy atom. The Kier molecular flexibility index (Phi) is 9.28. The second-order valence-electron chi connectivity index (χ2n) is 8.19.